The molecule has 2 fully saturated rings. The van der Waals surface area contributed by atoms with Crippen LogP contribution in [0, 0.1) is 5.92 Å². The van der Waals surface area contributed by atoms with Gasteiger partial charge in [0.15, 0.2) is 0 Å². The number of thiophene rings is 1. The summed E-state index contributed by atoms with van der Waals surface area (Å²) in [4.78, 5) is 19.6. The highest BCUT2D eigenvalue weighted by atomic mass is 32.1. The highest BCUT2D eigenvalue weighted by Gasteiger charge is 2.29. The Morgan fingerprint density at radius 1 is 1.00 bits per heavy atom. The molecule has 2 aromatic rings. The molecule has 1 amide bonds. The van der Waals surface area contributed by atoms with Crippen LogP contribution in [0.25, 0.3) is 10.4 Å². The van der Waals surface area contributed by atoms with Gasteiger partial charge >= 0.3 is 0 Å². The first-order chi connectivity index (χ1) is 12.3. The number of benzene rings is 1. The minimum atomic E-state index is 0.216. The summed E-state index contributed by atoms with van der Waals surface area (Å²) in [5.74, 6) is 0.865. The van der Waals surface area contributed by atoms with Crippen molar-refractivity contribution in [2.75, 3.05) is 32.7 Å². The Hall–Kier alpha value is -1.65. The molecule has 0 N–H and O–H groups in total. The third kappa shape index (κ3) is 3.96. The molecule has 2 aliphatic rings. The standard InChI is InChI=1S/C21H26N2OS/c24-21(20-10-9-19(25-20)18-7-3-1-4-8-18)23-14-11-17(16-23)15-22-12-5-2-6-13-22/h1,3-4,7-10,17H,2,5-6,11-16H2/t17-/m1/s1. The number of piperidine rings is 1. The average Bonchev–Trinajstić information content (AvgIpc) is 3.33. The molecule has 2 aliphatic heterocycles. The van der Waals surface area contributed by atoms with Crippen LogP contribution in [0.3, 0.4) is 0 Å². The Balaban J connectivity index is 1.36. The number of carbonyl (C=O) groups excluding carboxylic acids is 1. The third-order valence-corrected chi connectivity index (χ3v) is 6.54. The van der Waals surface area contributed by atoms with Crippen molar-refractivity contribution in [3.63, 3.8) is 0 Å². The van der Waals surface area contributed by atoms with E-state index >= 15 is 0 Å². The molecule has 4 heteroatoms. The molecule has 1 aromatic heterocycles. The van der Waals surface area contributed by atoms with E-state index in [2.05, 4.69) is 28.0 Å². The lowest BCUT2D eigenvalue weighted by Crippen LogP contribution is -2.36. The van der Waals surface area contributed by atoms with Crippen LogP contribution >= 0.6 is 11.3 Å². The van der Waals surface area contributed by atoms with Crippen LogP contribution in [-0.4, -0.2) is 48.4 Å². The molecule has 0 saturated carbocycles. The zero-order valence-corrected chi connectivity index (χ0v) is 15.5. The number of nitrogens with zero attached hydrogens (tertiary/aromatic N) is 2. The second-order valence-corrected chi connectivity index (χ2v) is 8.38. The van der Waals surface area contributed by atoms with Gasteiger partial charge in [-0.3, -0.25) is 4.79 Å². The van der Waals surface area contributed by atoms with E-state index in [1.54, 1.807) is 11.3 Å². The minimum Gasteiger partial charge on any atom is -0.338 e. The topological polar surface area (TPSA) is 23.6 Å². The smallest absolute Gasteiger partial charge is 0.263 e. The number of rotatable bonds is 4. The monoisotopic (exact) mass is 354 g/mol. The Morgan fingerprint density at radius 3 is 2.60 bits per heavy atom. The molecule has 3 heterocycles. The van der Waals surface area contributed by atoms with Crippen molar-refractivity contribution in [3.8, 4) is 10.4 Å². The van der Waals surface area contributed by atoms with Gasteiger partial charge in [-0.05, 0) is 56.0 Å². The lowest BCUT2D eigenvalue weighted by molar-refractivity contribution is 0.0787. The molecule has 0 spiro atoms. The van der Waals surface area contributed by atoms with Gasteiger partial charge in [-0.2, -0.15) is 0 Å². The summed E-state index contributed by atoms with van der Waals surface area (Å²) in [5, 5.41) is 0. The van der Waals surface area contributed by atoms with Gasteiger partial charge in [-0.25, -0.2) is 0 Å². The Morgan fingerprint density at radius 2 is 1.80 bits per heavy atom. The summed E-state index contributed by atoms with van der Waals surface area (Å²) in [7, 11) is 0. The fourth-order valence-corrected chi connectivity index (χ4v) is 5.02. The van der Waals surface area contributed by atoms with E-state index in [4.69, 9.17) is 0 Å². The van der Waals surface area contributed by atoms with Gasteiger partial charge in [0.2, 0.25) is 0 Å². The van der Waals surface area contributed by atoms with E-state index < -0.39 is 0 Å². The quantitative estimate of drug-likeness (QED) is 0.814. The molecule has 132 valence electrons. The lowest BCUT2D eigenvalue weighted by Gasteiger charge is -2.28. The first kappa shape index (κ1) is 16.8. The molecular weight excluding hydrogens is 328 g/mol. The van der Waals surface area contributed by atoms with Gasteiger partial charge in [-0.15, -0.1) is 11.3 Å². The van der Waals surface area contributed by atoms with Gasteiger partial charge < -0.3 is 9.80 Å². The average molecular weight is 355 g/mol. The summed E-state index contributed by atoms with van der Waals surface area (Å²) >= 11 is 1.62. The van der Waals surface area contributed by atoms with Crippen LogP contribution in [0.5, 0.6) is 0 Å². The number of carbonyl (C=O) groups is 1. The minimum absolute atomic E-state index is 0.216. The number of likely N-dealkylation sites (tertiary alicyclic amines) is 2. The fraction of sp³-hybridized carbons (Fsp3) is 0.476. The second-order valence-electron chi connectivity index (χ2n) is 7.30. The van der Waals surface area contributed by atoms with Gasteiger partial charge in [-0.1, -0.05) is 36.8 Å². The van der Waals surface area contributed by atoms with E-state index in [1.807, 2.05) is 24.3 Å². The highest BCUT2D eigenvalue weighted by molar-refractivity contribution is 7.17. The Labute approximate surface area is 154 Å². The van der Waals surface area contributed by atoms with Gasteiger partial charge in [0, 0.05) is 24.5 Å². The summed E-state index contributed by atoms with van der Waals surface area (Å²) in [6.45, 7) is 5.50. The molecule has 1 aromatic carbocycles. The molecule has 3 nitrogen and oxygen atoms in total. The summed E-state index contributed by atoms with van der Waals surface area (Å²) in [6, 6.07) is 14.4. The fourth-order valence-electron chi connectivity index (χ4n) is 4.04. The van der Waals surface area contributed by atoms with Crippen molar-refractivity contribution < 1.29 is 4.79 Å². The van der Waals surface area contributed by atoms with E-state index in [1.165, 1.54) is 49.3 Å². The molecular formula is C21H26N2OS. The zero-order chi connectivity index (χ0) is 17.1. The van der Waals surface area contributed by atoms with E-state index in [0.29, 0.717) is 5.92 Å². The van der Waals surface area contributed by atoms with Gasteiger partial charge in [0.1, 0.15) is 0 Å². The molecule has 0 unspecified atom stereocenters. The Kier molecular flexibility index (Phi) is 5.18. The predicted octanol–water partition coefficient (Wildman–Crippen LogP) is 4.36. The first-order valence-electron chi connectivity index (χ1n) is 9.46. The largest absolute Gasteiger partial charge is 0.338 e. The predicted molar refractivity (Wildman–Crippen MR) is 104 cm³/mol. The van der Waals surface area contributed by atoms with E-state index in [0.717, 1.165) is 24.4 Å². The van der Waals surface area contributed by atoms with Crippen LogP contribution in [0.1, 0.15) is 35.4 Å². The zero-order valence-electron chi connectivity index (χ0n) is 14.7. The number of amides is 1. The van der Waals surface area contributed by atoms with Crippen molar-refractivity contribution in [1.29, 1.82) is 0 Å². The van der Waals surface area contributed by atoms with Crippen molar-refractivity contribution in [2.45, 2.75) is 25.7 Å². The van der Waals surface area contributed by atoms with Crippen LogP contribution < -0.4 is 0 Å². The van der Waals surface area contributed by atoms with E-state index in [-0.39, 0.29) is 5.91 Å². The Bertz CT molecular complexity index is 706. The lowest BCUT2D eigenvalue weighted by atomic mass is 10.1. The molecule has 0 aliphatic carbocycles. The third-order valence-electron chi connectivity index (χ3n) is 5.41. The maximum absolute atomic E-state index is 12.9. The summed E-state index contributed by atoms with van der Waals surface area (Å²) in [6.07, 6.45) is 5.21. The molecule has 4 rings (SSSR count). The van der Waals surface area contributed by atoms with Crippen molar-refractivity contribution in [2.24, 2.45) is 5.92 Å². The maximum Gasteiger partial charge on any atom is 0.263 e. The summed E-state index contributed by atoms with van der Waals surface area (Å²) < 4.78 is 0. The molecule has 25 heavy (non-hydrogen) atoms. The molecule has 1 atom stereocenters. The second kappa shape index (κ2) is 7.71. The van der Waals surface area contributed by atoms with E-state index in [9.17, 15) is 4.79 Å². The maximum atomic E-state index is 12.9. The van der Waals surface area contributed by atoms with Gasteiger partial charge in [0.05, 0.1) is 4.88 Å². The molecule has 2 saturated heterocycles. The van der Waals surface area contributed by atoms with Crippen molar-refractivity contribution in [1.82, 2.24) is 9.80 Å². The number of hydrogen-bond donors (Lipinski definition) is 0. The van der Waals surface area contributed by atoms with Crippen LogP contribution in [0.15, 0.2) is 42.5 Å². The van der Waals surface area contributed by atoms with Crippen LogP contribution in [0.4, 0.5) is 0 Å². The van der Waals surface area contributed by atoms with Crippen LogP contribution in [-0.2, 0) is 0 Å². The van der Waals surface area contributed by atoms with Crippen molar-refractivity contribution >= 4 is 17.2 Å². The molecule has 0 radical (unpaired) electrons. The number of hydrogen-bond acceptors (Lipinski definition) is 3. The molecule has 0 bridgehead atoms. The highest BCUT2D eigenvalue weighted by Crippen LogP contribution is 2.30. The van der Waals surface area contributed by atoms with Crippen molar-refractivity contribution in [3.05, 3.63) is 47.3 Å². The van der Waals surface area contributed by atoms with Gasteiger partial charge in [0.25, 0.3) is 5.91 Å². The summed E-state index contributed by atoms with van der Waals surface area (Å²) in [5.41, 5.74) is 1.19. The SMILES string of the molecule is O=C(c1ccc(-c2ccccc2)s1)N1CC[C@H](CN2CCCCC2)C1. The van der Waals surface area contributed by atoms with Crippen LogP contribution in [0.2, 0.25) is 0 Å². The first-order valence-corrected chi connectivity index (χ1v) is 10.3. The normalized spacial score (nSPS) is 21.6.